The quantitative estimate of drug-likeness (QED) is 0.545. The van der Waals surface area contributed by atoms with Crippen molar-refractivity contribution in [1.29, 1.82) is 0 Å². The number of hydrogen-bond acceptors (Lipinski definition) is 4. The van der Waals surface area contributed by atoms with Gasteiger partial charge in [-0.25, -0.2) is 4.79 Å². The van der Waals surface area contributed by atoms with E-state index in [2.05, 4.69) is 4.98 Å². The Labute approximate surface area is 137 Å². The number of nitro benzene ring substituents is 1. The molecule has 1 saturated carbocycles. The fraction of sp³-hybridized carbons (Fsp3) is 0.222. The molecule has 0 aliphatic heterocycles. The molecule has 120 valence electrons. The van der Waals surface area contributed by atoms with Crippen molar-refractivity contribution in [2.45, 2.75) is 19.4 Å². The number of non-ortho nitro benzene ring substituents is 1. The predicted molar refractivity (Wildman–Crippen MR) is 90.8 cm³/mol. The van der Waals surface area contributed by atoms with Crippen LogP contribution in [-0.2, 0) is 6.54 Å². The summed E-state index contributed by atoms with van der Waals surface area (Å²) in [6.07, 6.45) is 2.22. The predicted octanol–water partition coefficient (Wildman–Crippen LogP) is 3.38. The molecule has 0 radical (unpaired) electrons. The SMILES string of the molecule is O=c1nc(-c2ccccc2)c2cc([N+](=O)[O-])ccc2n1CC1CC1. The highest BCUT2D eigenvalue weighted by Crippen LogP contribution is 2.33. The third kappa shape index (κ3) is 2.56. The van der Waals surface area contributed by atoms with E-state index in [1.165, 1.54) is 12.1 Å². The molecule has 2 aromatic carbocycles. The van der Waals surface area contributed by atoms with Gasteiger partial charge < -0.3 is 0 Å². The molecule has 0 atom stereocenters. The molecule has 1 aliphatic carbocycles. The van der Waals surface area contributed by atoms with Crippen LogP contribution in [0.4, 0.5) is 5.69 Å². The minimum atomic E-state index is -0.426. The molecule has 1 aromatic heterocycles. The highest BCUT2D eigenvalue weighted by Gasteiger charge is 2.24. The maximum Gasteiger partial charge on any atom is 0.348 e. The standard InChI is InChI=1S/C18H15N3O3/c22-18-19-17(13-4-2-1-3-5-13)15-10-14(21(23)24)8-9-16(15)20(18)11-12-6-7-12/h1-5,8-10,12H,6-7,11H2. The number of benzene rings is 2. The highest BCUT2D eigenvalue weighted by molar-refractivity contribution is 5.93. The van der Waals surface area contributed by atoms with Crippen molar-refractivity contribution in [3.05, 3.63) is 69.1 Å². The number of hydrogen-bond donors (Lipinski definition) is 0. The van der Waals surface area contributed by atoms with Crippen LogP contribution >= 0.6 is 0 Å². The second-order valence-corrected chi connectivity index (χ2v) is 6.12. The van der Waals surface area contributed by atoms with Gasteiger partial charge in [-0.2, -0.15) is 4.98 Å². The average molecular weight is 321 g/mol. The van der Waals surface area contributed by atoms with Gasteiger partial charge >= 0.3 is 5.69 Å². The Balaban J connectivity index is 2.02. The normalized spacial score (nSPS) is 14.0. The molecule has 0 bridgehead atoms. The van der Waals surface area contributed by atoms with Crippen LogP contribution in [0.5, 0.6) is 0 Å². The minimum Gasteiger partial charge on any atom is -0.292 e. The molecule has 6 heteroatoms. The lowest BCUT2D eigenvalue weighted by atomic mass is 10.1. The van der Waals surface area contributed by atoms with Crippen molar-refractivity contribution >= 4 is 16.6 Å². The molecule has 6 nitrogen and oxygen atoms in total. The Morgan fingerprint density at radius 3 is 2.58 bits per heavy atom. The maximum atomic E-state index is 12.5. The van der Waals surface area contributed by atoms with E-state index in [-0.39, 0.29) is 11.4 Å². The number of aromatic nitrogens is 2. The first-order valence-corrected chi connectivity index (χ1v) is 7.88. The molecule has 0 amide bonds. The lowest BCUT2D eigenvalue weighted by Crippen LogP contribution is -2.25. The zero-order valence-electron chi connectivity index (χ0n) is 12.9. The molecule has 0 saturated heterocycles. The third-order valence-electron chi connectivity index (χ3n) is 4.36. The average Bonchev–Trinajstić information content (AvgIpc) is 3.41. The molecular formula is C18H15N3O3. The van der Waals surface area contributed by atoms with Gasteiger partial charge in [0.05, 0.1) is 16.1 Å². The topological polar surface area (TPSA) is 78.0 Å². The Hall–Kier alpha value is -3.02. The summed E-state index contributed by atoms with van der Waals surface area (Å²) in [7, 11) is 0. The number of nitrogens with zero attached hydrogens (tertiary/aromatic N) is 3. The molecule has 1 heterocycles. The van der Waals surface area contributed by atoms with Crippen molar-refractivity contribution in [2.75, 3.05) is 0 Å². The van der Waals surface area contributed by atoms with E-state index in [1.807, 2.05) is 30.3 Å². The van der Waals surface area contributed by atoms with E-state index in [9.17, 15) is 14.9 Å². The van der Waals surface area contributed by atoms with Crippen molar-refractivity contribution in [1.82, 2.24) is 9.55 Å². The second-order valence-electron chi connectivity index (χ2n) is 6.12. The fourth-order valence-corrected chi connectivity index (χ4v) is 2.93. The fourth-order valence-electron chi connectivity index (χ4n) is 2.93. The van der Waals surface area contributed by atoms with Crippen LogP contribution in [0.3, 0.4) is 0 Å². The largest absolute Gasteiger partial charge is 0.348 e. The van der Waals surface area contributed by atoms with Gasteiger partial charge in [0.2, 0.25) is 0 Å². The van der Waals surface area contributed by atoms with E-state index in [0.29, 0.717) is 29.1 Å². The van der Waals surface area contributed by atoms with Crippen LogP contribution < -0.4 is 5.69 Å². The van der Waals surface area contributed by atoms with Crippen molar-refractivity contribution in [3.63, 3.8) is 0 Å². The highest BCUT2D eigenvalue weighted by atomic mass is 16.6. The lowest BCUT2D eigenvalue weighted by Gasteiger charge is -2.12. The number of nitro groups is 1. The Bertz CT molecular complexity index is 992. The zero-order valence-corrected chi connectivity index (χ0v) is 12.9. The summed E-state index contributed by atoms with van der Waals surface area (Å²) in [5.41, 5.74) is 1.66. The summed E-state index contributed by atoms with van der Waals surface area (Å²) in [5, 5.41) is 11.8. The zero-order chi connectivity index (χ0) is 16.7. The van der Waals surface area contributed by atoms with Crippen molar-refractivity contribution in [2.24, 2.45) is 5.92 Å². The van der Waals surface area contributed by atoms with Crippen molar-refractivity contribution in [3.8, 4) is 11.3 Å². The molecule has 0 N–H and O–H groups in total. The van der Waals surface area contributed by atoms with E-state index in [4.69, 9.17) is 0 Å². The molecular weight excluding hydrogens is 306 g/mol. The smallest absolute Gasteiger partial charge is 0.292 e. The summed E-state index contributed by atoms with van der Waals surface area (Å²) in [4.78, 5) is 27.5. The van der Waals surface area contributed by atoms with Gasteiger partial charge in [0, 0.05) is 29.6 Å². The molecule has 0 spiro atoms. The molecule has 0 unspecified atom stereocenters. The van der Waals surface area contributed by atoms with Crippen LogP contribution in [0.25, 0.3) is 22.2 Å². The van der Waals surface area contributed by atoms with Crippen LogP contribution in [0.15, 0.2) is 53.3 Å². The van der Waals surface area contributed by atoms with Crippen LogP contribution in [0.2, 0.25) is 0 Å². The molecule has 3 aromatic rings. The Morgan fingerprint density at radius 2 is 1.92 bits per heavy atom. The second kappa shape index (κ2) is 5.56. The monoisotopic (exact) mass is 321 g/mol. The number of fused-ring (bicyclic) bond motifs is 1. The minimum absolute atomic E-state index is 0.00176. The van der Waals surface area contributed by atoms with Gasteiger partial charge in [-0.05, 0) is 24.8 Å². The van der Waals surface area contributed by atoms with E-state index in [0.717, 1.165) is 18.4 Å². The number of rotatable bonds is 4. The van der Waals surface area contributed by atoms with E-state index < -0.39 is 4.92 Å². The summed E-state index contributed by atoms with van der Waals surface area (Å²) in [6, 6.07) is 13.9. The molecule has 1 aliphatic rings. The molecule has 24 heavy (non-hydrogen) atoms. The first kappa shape index (κ1) is 14.6. The third-order valence-corrected chi connectivity index (χ3v) is 4.36. The van der Waals surface area contributed by atoms with Crippen LogP contribution in [0, 0.1) is 16.0 Å². The summed E-state index contributed by atoms with van der Waals surface area (Å²) in [6.45, 7) is 0.620. The van der Waals surface area contributed by atoms with Crippen LogP contribution in [0.1, 0.15) is 12.8 Å². The summed E-state index contributed by atoms with van der Waals surface area (Å²) < 4.78 is 1.64. The summed E-state index contributed by atoms with van der Waals surface area (Å²) >= 11 is 0. The first-order chi connectivity index (χ1) is 11.6. The van der Waals surface area contributed by atoms with Gasteiger partial charge in [0.15, 0.2) is 0 Å². The van der Waals surface area contributed by atoms with E-state index in [1.54, 1.807) is 10.6 Å². The summed E-state index contributed by atoms with van der Waals surface area (Å²) in [5.74, 6) is 0.505. The molecule has 4 rings (SSSR count). The van der Waals surface area contributed by atoms with Crippen molar-refractivity contribution < 1.29 is 4.92 Å². The van der Waals surface area contributed by atoms with Gasteiger partial charge in [-0.1, -0.05) is 30.3 Å². The first-order valence-electron chi connectivity index (χ1n) is 7.88. The van der Waals surface area contributed by atoms with Gasteiger partial charge in [0.25, 0.3) is 5.69 Å². The Morgan fingerprint density at radius 1 is 1.17 bits per heavy atom. The lowest BCUT2D eigenvalue weighted by molar-refractivity contribution is -0.384. The Kier molecular flexibility index (Phi) is 3.37. The van der Waals surface area contributed by atoms with Gasteiger partial charge in [-0.3, -0.25) is 14.7 Å². The maximum absolute atomic E-state index is 12.5. The van der Waals surface area contributed by atoms with Gasteiger partial charge in [-0.15, -0.1) is 0 Å². The van der Waals surface area contributed by atoms with Gasteiger partial charge in [0.1, 0.15) is 0 Å². The van der Waals surface area contributed by atoms with Crippen LogP contribution in [-0.4, -0.2) is 14.5 Å². The molecule has 1 fully saturated rings. The van der Waals surface area contributed by atoms with E-state index >= 15 is 0 Å².